The molecule has 1 aliphatic rings. The van der Waals surface area contributed by atoms with Crippen molar-refractivity contribution in [1.82, 2.24) is 4.90 Å². The molecule has 0 saturated carbocycles. The topological polar surface area (TPSA) is 29.5 Å². The number of likely N-dealkylation sites (tertiary alicyclic amines) is 1. The SMILES string of the molecule is O=Cc1ccccc1OCCCN1CCCC1. The smallest absolute Gasteiger partial charge is 0.153 e. The van der Waals surface area contributed by atoms with Gasteiger partial charge in [0.2, 0.25) is 0 Å². The normalized spacial score (nSPS) is 16.0. The second-order valence-electron chi connectivity index (χ2n) is 4.41. The third-order valence-electron chi connectivity index (χ3n) is 3.12. The maximum Gasteiger partial charge on any atom is 0.153 e. The van der Waals surface area contributed by atoms with Crippen molar-refractivity contribution in [2.45, 2.75) is 19.3 Å². The summed E-state index contributed by atoms with van der Waals surface area (Å²) in [5, 5.41) is 0. The molecule has 92 valence electrons. The third kappa shape index (κ3) is 3.56. The van der Waals surface area contributed by atoms with Crippen LogP contribution in [0.4, 0.5) is 0 Å². The van der Waals surface area contributed by atoms with Crippen molar-refractivity contribution in [2.75, 3.05) is 26.2 Å². The van der Waals surface area contributed by atoms with Gasteiger partial charge in [0.25, 0.3) is 0 Å². The van der Waals surface area contributed by atoms with E-state index >= 15 is 0 Å². The van der Waals surface area contributed by atoms with Crippen LogP contribution >= 0.6 is 0 Å². The maximum absolute atomic E-state index is 10.8. The average molecular weight is 233 g/mol. The molecule has 0 N–H and O–H groups in total. The fraction of sp³-hybridized carbons (Fsp3) is 0.500. The molecule has 1 saturated heterocycles. The van der Waals surface area contributed by atoms with E-state index in [9.17, 15) is 4.79 Å². The number of nitrogens with zero attached hydrogens (tertiary/aromatic N) is 1. The number of para-hydroxylation sites is 1. The molecule has 0 unspecified atom stereocenters. The molecule has 3 heteroatoms. The molecule has 0 aromatic heterocycles. The standard InChI is InChI=1S/C14H19NO2/c16-12-13-6-1-2-7-14(13)17-11-5-10-15-8-3-4-9-15/h1-2,6-7,12H,3-5,8-11H2. The molecule has 0 bridgehead atoms. The lowest BCUT2D eigenvalue weighted by Crippen LogP contribution is -2.22. The molecule has 0 amide bonds. The highest BCUT2D eigenvalue weighted by Gasteiger charge is 2.10. The number of carbonyl (C=O) groups is 1. The van der Waals surface area contributed by atoms with Crippen molar-refractivity contribution in [3.05, 3.63) is 29.8 Å². The molecule has 1 aliphatic heterocycles. The molecule has 0 aliphatic carbocycles. The van der Waals surface area contributed by atoms with Crippen LogP contribution in [0.1, 0.15) is 29.6 Å². The van der Waals surface area contributed by atoms with Crippen molar-refractivity contribution in [2.24, 2.45) is 0 Å². The summed E-state index contributed by atoms with van der Waals surface area (Å²) in [6, 6.07) is 7.37. The molecule has 1 heterocycles. The number of benzene rings is 1. The Kier molecular flexibility index (Phi) is 4.56. The fourth-order valence-electron chi connectivity index (χ4n) is 2.19. The zero-order valence-corrected chi connectivity index (χ0v) is 10.1. The number of ether oxygens (including phenoxy) is 1. The van der Waals surface area contributed by atoms with Crippen LogP contribution in [0.5, 0.6) is 5.75 Å². The van der Waals surface area contributed by atoms with Gasteiger partial charge in [-0.2, -0.15) is 0 Å². The molecule has 0 spiro atoms. The molecule has 0 radical (unpaired) electrons. The predicted molar refractivity (Wildman–Crippen MR) is 67.6 cm³/mol. The molecule has 1 aromatic rings. The van der Waals surface area contributed by atoms with Crippen molar-refractivity contribution in [1.29, 1.82) is 0 Å². The van der Waals surface area contributed by atoms with E-state index in [2.05, 4.69) is 4.90 Å². The zero-order valence-electron chi connectivity index (χ0n) is 10.1. The third-order valence-corrected chi connectivity index (χ3v) is 3.12. The molecular weight excluding hydrogens is 214 g/mol. The predicted octanol–water partition coefficient (Wildman–Crippen LogP) is 2.36. The lowest BCUT2D eigenvalue weighted by molar-refractivity contribution is 0.111. The van der Waals surface area contributed by atoms with Crippen LogP contribution in [0.2, 0.25) is 0 Å². The van der Waals surface area contributed by atoms with E-state index in [4.69, 9.17) is 4.74 Å². The van der Waals surface area contributed by atoms with Crippen LogP contribution in [-0.2, 0) is 0 Å². The second kappa shape index (κ2) is 6.40. The van der Waals surface area contributed by atoms with Gasteiger partial charge in [0.05, 0.1) is 12.2 Å². The summed E-state index contributed by atoms with van der Waals surface area (Å²) in [6.45, 7) is 4.24. The van der Waals surface area contributed by atoms with Gasteiger partial charge in [-0.3, -0.25) is 4.79 Å². The summed E-state index contributed by atoms with van der Waals surface area (Å²) in [5.41, 5.74) is 0.633. The summed E-state index contributed by atoms with van der Waals surface area (Å²) < 4.78 is 5.63. The first kappa shape index (κ1) is 12.1. The monoisotopic (exact) mass is 233 g/mol. The van der Waals surface area contributed by atoms with Gasteiger partial charge in [0.1, 0.15) is 5.75 Å². The van der Waals surface area contributed by atoms with Crippen LogP contribution in [0.25, 0.3) is 0 Å². The lowest BCUT2D eigenvalue weighted by atomic mass is 10.2. The Morgan fingerprint density at radius 2 is 2.00 bits per heavy atom. The molecule has 17 heavy (non-hydrogen) atoms. The minimum absolute atomic E-state index is 0.633. The van der Waals surface area contributed by atoms with E-state index in [-0.39, 0.29) is 0 Å². The Morgan fingerprint density at radius 3 is 2.76 bits per heavy atom. The Bertz CT molecular complexity index is 359. The van der Waals surface area contributed by atoms with Crippen molar-refractivity contribution >= 4 is 6.29 Å². The maximum atomic E-state index is 10.8. The Labute approximate surface area is 102 Å². The van der Waals surface area contributed by atoms with Gasteiger partial charge in [0.15, 0.2) is 6.29 Å². The van der Waals surface area contributed by atoms with E-state index in [0.717, 1.165) is 19.3 Å². The van der Waals surface area contributed by atoms with Gasteiger partial charge in [-0.25, -0.2) is 0 Å². The highest BCUT2D eigenvalue weighted by Crippen LogP contribution is 2.16. The van der Waals surface area contributed by atoms with E-state index in [0.29, 0.717) is 17.9 Å². The first-order valence-electron chi connectivity index (χ1n) is 6.29. The fourth-order valence-corrected chi connectivity index (χ4v) is 2.19. The van der Waals surface area contributed by atoms with Crippen LogP contribution in [-0.4, -0.2) is 37.4 Å². The molecule has 2 rings (SSSR count). The van der Waals surface area contributed by atoms with Gasteiger partial charge < -0.3 is 9.64 Å². The number of rotatable bonds is 6. The Hall–Kier alpha value is -1.35. The molecule has 1 aromatic carbocycles. The lowest BCUT2D eigenvalue weighted by Gasteiger charge is -2.14. The first-order valence-corrected chi connectivity index (χ1v) is 6.29. The number of aldehydes is 1. The number of hydrogen-bond donors (Lipinski definition) is 0. The van der Waals surface area contributed by atoms with Gasteiger partial charge in [-0.15, -0.1) is 0 Å². The van der Waals surface area contributed by atoms with Crippen LogP contribution < -0.4 is 4.74 Å². The minimum Gasteiger partial charge on any atom is -0.493 e. The molecule has 1 fully saturated rings. The Morgan fingerprint density at radius 1 is 1.24 bits per heavy atom. The highest BCUT2D eigenvalue weighted by atomic mass is 16.5. The molecule has 0 atom stereocenters. The number of carbonyl (C=O) groups excluding carboxylic acids is 1. The second-order valence-corrected chi connectivity index (χ2v) is 4.41. The Balaban J connectivity index is 1.72. The van der Waals surface area contributed by atoms with Crippen molar-refractivity contribution in [3.8, 4) is 5.75 Å². The van der Waals surface area contributed by atoms with Crippen LogP contribution in [0, 0.1) is 0 Å². The van der Waals surface area contributed by atoms with Gasteiger partial charge >= 0.3 is 0 Å². The van der Waals surface area contributed by atoms with Crippen molar-refractivity contribution < 1.29 is 9.53 Å². The average Bonchev–Trinajstić information content (AvgIpc) is 2.88. The van der Waals surface area contributed by atoms with Crippen LogP contribution in [0.15, 0.2) is 24.3 Å². The first-order chi connectivity index (χ1) is 8.40. The largest absolute Gasteiger partial charge is 0.493 e. The van der Waals surface area contributed by atoms with Gasteiger partial charge in [-0.1, -0.05) is 12.1 Å². The van der Waals surface area contributed by atoms with Crippen LogP contribution in [0.3, 0.4) is 0 Å². The van der Waals surface area contributed by atoms with E-state index in [1.54, 1.807) is 6.07 Å². The molecular formula is C14H19NO2. The van der Waals surface area contributed by atoms with Gasteiger partial charge in [-0.05, 0) is 44.5 Å². The summed E-state index contributed by atoms with van der Waals surface area (Å²) in [6.07, 6.45) is 4.52. The summed E-state index contributed by atoms with van der Waals surface area (Å²) in [4.78, 5) is 13.2. The van der Waals surface area contributed by atoms with Gasteiger partial charge in [0, 0.05) is 6.54 Å². The van der Waals surface area contributed by atoms with Crippen molar-refractivity contribution in [3.63, 3.8) is 0 Å². The highest BCUT2D eigenvalue weighted by molar-refractivity contribution is 5.79. The minimum atomic E-state index is 0.633. The number of hydrogen-bond acceptors (Lipinski definition) is 3. The van der Waals surface area contributed by atoms with E-state index in [1.165, 1.54) is 25.9 Å². The van der Waals surface area contributed by atoms with E-state index < -0.39 is 0 Å². The summed E-state index contributed by atoms with van der Waals surface area (Å²) in [7, 11) is 0. The van der Waals surface area contributed by atoms with E-state index in [1.807, 2.05) is 18.2 Å². The summed E-state index contributed by atoms with van der Waals surface area (Å²) >= 11 is 0. The zero-order chi connectivity index (χ0) is 11.9. The quantitative estimate of drug-likeness (QED) is 0.558. The molecule has 3 nitrogen and oxygen atoms in total. The summed E-state index contributed by atoms with van der Waals surface area (Å²) in [5.74, 6) is 0.698.